The van der Waals surface area contributed by atoms with Gasteiger partial charge in [-0.15, -0.1) is 0 Å². The Morgan fingerprint density at radius 1 is 0.781 bits per heavy atom. The minimum absolute atomic E-state index is 0.0837. The van der Waals surface area contributed by atoms with Gasteiger partial charge in [-0.2, -0.15) is 0 Å². The van der Waals surface area contributed by atoms with Crippen LogP contribution >= 0.6 is 0 Å². The second kappa shape index (κ2) is 8.10. The third kappa shape index (κ3) is 3.59. The fourth-order valence-electron chi connectivity index (χ4n) is 5.04. The fraction of sp³-hybridized carbons (Fsp3) is 0.321. The molecule has 1 atom stereocenters. The van der Waals surface area contributed by atoms with Crippen molar-refractivity contribution in [2.75, 3.05) is 19.6 Å². The number of benzene rings is 3. The Balaban J connectivity index is 1.55. The molecule has 2 fully saturated rings. The Kier molecular flexibility index (Phi) is 5.26. The van der Waals surface area contributed by atoms with Crippen molar-refractivity contribution in [1.29, 1.82) is 0 Å². The average Bonchev–Trinajstić information content (AvgIpc) is 3.09. The van der Waals surface area contributed by atoms with Gasteiger partial charge in [0.15, 0.2) is 5.60 Å². The SMILES string of the molecule is Cc1ccc(CN2CCN3C(=O)OC(c4ccc(C)cc4)(c4ccc(C)cc4)C3C2)cc1. The lowest BCUT2D eigenvalue weighted by molar-refractivity contribution is 0.0416. The van der Waals surface area contributed by atoms with Crippen molar-refractivity contribution in [3.05, 3.63) is 106 Å². The summed E-state index contributed by atoms with van der Waals surface area (Å²) >= 11 is 0. The van der Waals surface area contributed by atoms with E-state index in [4.69, 9.17) is 4.74 Å². The highest BCUT2D eigenvalue weighted by molar-refractivity contribution is 5.74. The number of rotatable bonds is 4. The highest BCUT2D eigenvalue weighted by Gasteiger charge is 2.57. The first kappa shape index (κ1) is 20.8. The van der Waals surface area contributed by atoms with Crippen LogP contribution in [-0.4, -0.2) is 41.6 Å². The van der Waals surface area contributed by atoms with Crippen LogP contribution in [0.5, 0.6) is 0 Å². The average molecular weight is 427 g/mol. The summed E-state index contributed by atoms with van der Waals surface area (Å²) < 4.78 is 6.32. The van der Waals surface area contributed by atoms with Crippen LogP contribution in [0.2, 0.25) is 0 Å². The van der Waals surface area contributed by atoms with Gasteiger partial charge in [0.2, 0.25) is 0 Å². The quantitative estimate of drug-likeness (QED) is 0.575. The topological polar surface area (TPSA) is 32.8 Å². The zero-order valence-electron chi connectivity index (χ0n) is 19.0. The summed E-state index contributed by atoms with van der Waals surface area (Å²) in [5, 5.41) is 0. The molecule has 1 unspecified atom stereocenters. The normalized spacial score (nSPS) is 20.2. The number of piperazine rings is 1. The molecule has 2 saturated heterocycles. The van der Waals surface area contributed by atoms with Crippen LogP contribution in [0.1, 0.15) is 33.4 Å². The number of hydrogen-bond donors (Lipinski definition) is 0. The summed E-state index contributed by atoms with van der Waals surface area (Å²) in [6.45, 7) is 9.43. The Labute approximate surface area is 190 Å². The van der Waals surface area contributed by atoms with Crippen molar-refractivity contribution in [1.82, 2.24) is 9.80 Å². The maximum absolute atomic E-state index is 13.1. The molecule has 2 aliphatic rings. The third-order valence-electron chi connectivity index (χ3n) is 6.90. The van der Waals surface area contributed by atoms with Crippen molar-refractivity contribution in [2.24, 2.45) is 0 Å². The van der Waals surface area contributed by atoms with E-state index in [1.165, 1.54) is 22.3 Å². The minimum atomic E-state index is -0.815. The van der Waals surface area contributed by atoms with Crippen LogP contribution in [0.4, 0.5) is 4.79 Å². The van der Waals surface area contributed by atoms with Crippen molar-refractivity contribution < 1.29 is 9.53 Å². The molecule has 0 aliphatic carbocycles. The molecule has 4 heteroatoms. The van der Waals surface area contributed by atoms with Gasteiger partial charge >= 0.3 is 6.09 Å². The van der Waals surface area contributed by atoms with E-state index in [0.29, 0.717) is 6.54 Å². The zero-order chi connectivity index (χ0) is 22.3. The fourth-order valence-corrected chi connectivity index (χ4v) is 5.04. The molecule has 3 aromatic rings. The van der Waals surface area contributed by atoms with E-state index < -0.39 is 5.60 Å². The Morgan fingerprint density at radius 2 is 1.28 bits per heavy atom. The maximum Gasteiger partial charge on any atom is 0.411 e. The molecule has 4 nitrogen and oxygen atoms in total. The Hall–Kier alpha value is -3.11. The summed E-state index contributed by atoms with van der Waals surface area (Å²) in [6, 6.07) is 25.5. The van der Waals surface area contributed by atoms with Gasteiger partial charge in [-0.3, -0.25) is 9.80 Å². The standard InChI is InChI=1S/C28H30N2O2/c1-20-4-10-23(11-5-20)18-29-16-17-30-26(19-29)28(32-27(30)31,24-12-6-21(2)7-13-24)25-14-8-22(3)9-15-25/h4-15,26H,16-19H2,1-3H3. The van der Waals surface area contributed by atoms with Gasteiger partial charge in [0.05, 0.1) is 6.04 Å². The van der Waals surface area contributed by atoms with E-state index in [1.54, 1.807) is 0 Å². The number of cyclic esters (lactones) is 1. The van der Waals surface area contributed by atoms with E-state index in [2.05, 4.69) is 98.5 Å². The third-order valence-corrected chi connectivity index (χ3v) is 6.90. The summed E-state index contributed by atoms with van der Waals surface area (Å²) in [5.41, 5.74) is 6.20. The van der Waals surface area contributed by atoms with E-state index in [0.717, 1.165) is 30.8 Å². The number of aryl methyl sites for hydroxylation is 3. The molecular weight excluding hydrogens is 396 g/mol. The lowest BCUT2D eigenvalue weighted by Gasteiger charge is -2.42. The van der Waals surface area contributed by atoms with Gasteiger partial charge in [-0.1, -0.05) is 89.5 Å². The molecule has 2 heterocycles. The van der Waals surface area contributed by atoms with E-state index >= 15 is 0 Å². The number of ether oxygens (including phenoxy) is 1. The first-order valence-corrected chi connectivity index (χ1v) is 11.4. The first-order chi connectivity index (χ1) is 15.5. The van der Waals surface area contributed by atoms with Gasteiger partial charge in [-0.05, 0) is 26.3 Å². The van der Waals surface area contributed by atoms with Gasteiger partial charge in [0.25, 0.3) is 0 Å². The second-order valence-corrected chi connectivity index (χ2v) is 9.27. The second-order valence-electron chi connectivity index (χ2n) is 9.27. The molecule has 0 bridgehead atoms. The van der Waals surface area contributed by atoms with Crippen LogP contribution < -0.4 is 0 Å². The van der Waals surface area contributed by atoms with Crippen LogP contribution in [0.25, 0.3) is 0 Å². The van der Waals surface area contributed by atoms with Crippen molar-refractivity contribution in [3.63, 3.8) is 0 Å². The van der Waals surface area contributed by atoms with Crippen LogP contribution in [0, 0.1) is 20.8 Å². The van der Waals surface area contributed by atoms with Crippen molar-refractivity contribution >= 4 is 6.09 Å². The predicted molar refractivity (Wildman–Crippen MR) is 127 cm³/mol. The molecule has 32 heavy (non-hydrogen) atoms. The molecular formula is C28H30N2O2. The Morgan fingerprint density at radius 3 is 1.81 bits per heavy atom. The minimum Gasteiger partial charge on any atom is -0.431 e. The number of fused-ring (bicyclic) bond motifs is 1. The van der Waals surface area contributed by atoms with Crippen molar-refractivity contribution in [3.8, 4) is 0 Å². The molecule has 164 valence electrons. The maximum atomic E-state index is 13.1. The lowest BCUT2D eigenvalue weighted by atomic mass is 9.78. The molecule has 0 saturated carbocycles. The molecule has 0 N–H and O–H groups in total. The largest absolute Gasteiger partial charge is 0.431 e. The summed E-state index contributed by atoms with van der Waals surface area (Å²) in [4.78, 5) is 17.5. The molecule has 0 aromatic heterocycles. The van der Waals surface area contributed by atoms with E-state index in [9.17, 15) is 4.79 Å². The van der Waals surface area contributed by atoms with Crippen LogP contribution in [-0.2, 0) is 16.9 Å². The molecule has 3 aromatic carbocycles. The number of hydrogen-bond acceptors (Lipinski definition) is 3. The number of nitrogens with zero attached hydrogens (tertiary/aromatic N) is 2. The van der Waals surface area contributed by atoms with Gasteiger partial charge in [-0.25, -0.2) is 4.79 Å². The van der Waals surface area contributed by atoms with E-state index in [1.807, 2.05) is 4.90 Å². The number of carbonyl (C=O) groups excluding carboxylic acids is 1. The number of carbonyl (C=O) groups is 1. The van der Waals surface area contributed by atoms with E-state index in [-0.39, 0.29) is 12.1 Å². The molecule has 1 amide bonds. The van der Waals surface area contributed by atoms with Gasteiger partial charge in [0.1, 0.15) is 0 Å². The smallest absolute Gasteiger partial charge is 0.411 e. The monoisotopic (exact) mass is 426 g/mol. The molecule has 0 spiro atoms. The van der Waals surface area contributed by atoms with Crippen LogP contribution in [0.3, 0.4) is 0 Å². The van der Waals surface area contributed by atoms with Gasteiger partial charge < -0.3 is 4.74 Å². The van der Waals surface area contributed by atoms with Crippen LogP contribution in [0.15, 0.2) is 72.8 Å². The Bertz CT molecular complexity index is 1060. The zero-order valence-corrected chi connectivity index (χ0v) is 19.0. The van der Waals surface area contributed by atoms with Gasteiger partial charge in [0, 0.05) is 37.3 Å². The molecule has 5 rings (SSSR count). The first-order valence-electron chi connectivity index (χ1n) is 11.4. The van der Waals surface area contributed by atoms with Crippen molar-refractivity contribution in [2.45, 2.75) is 39.0 Å². The lowest BCUT2D eigenvalue weighted by Crippen LogP contribution is -2.56. The highest BCUT2D eigenvalue weighted by atomic mass is 16.6. The predicted octanol–water partition coefficient (Wildman–Crippen LogP) is 5.19. The highest BCUT2D eigenvalue weighted by Crippen LogP contribution is 2.46. The number of amides is 1. The summed E-state index contributed by atoms with van der Waals surface area (Å²) in [5.74, 6) is 0. The molecule has 0 radical (unpaired) electrons. The summed E-state index contributed by atoms with van der Waals surface area (Å²) in [7, 11) is 0. The molecule has 2 aliphatic heterocycles. The summed E-state index contributed by atoms with van der Waals surface area (Å²) in [6.07, 6.45) is -0.217.